The van der Waals surface area contributed by atoms with Gasteiger partial charge >= 0.3 is 0 Å². The molecule has 1 aromatic heterocycles. The van der Waals surface area contributed by atoms with Crippen molar-refractivity contribution in [3.63, 3.8) is 0 Å². The Labute approximate surface area is 113 Å². The van der Waals surface area contributed by atoms with Crippen molar-refractivity contribution in [1.29, 1.82) is 0 Å². The number of nitrogens with one attached hydrogen (secondary N) is 1. The number of aromatic amines is 1. The van der Waals surface area contributed by atoms with Gasteiger partial charge in [0.1, 0.15) is 0 Å². The van der Waals surface area contributed by atoms with Crippen LogP contribution in [0.2, 0.25) is 0 Å². The lowest BCUT2D eigenvalue weighted by atomic mass is 10.00. The molecule has 1 fully saturated rings. The second-order valence-electron chi connectivity index (χ2n) is 5.40. The number of para-hydroxylation sites is 1. The molecule has 0 radical (unpaired) electrons. The Hall–Kier alpha value is -1.61. The zero-order valence-corrected chi connectivity index (χ0v) is 11.6. The zero-order valence-electron chi connectivity index (χ0n) is 11.6. The third kappa shape index (κ3) is 1.98. The van der Waals surface area contributed by atoms with Crippen molar-refractivity contribution >= 4 is 16.7 Å². The van der Waals surface area contributed by atoms with Crippen LogP contribution in [0.25, 0.3) is 10.9 Å². The van der Waals surface area contributed by atoms with Crippen molar-refractivity contribution in [1.82, 2.24) is 9.88 Å². The standard InChI is InChI=1S/C16H20N2O/c1-3-11-6-4-7-12-13(10-17-15(11)12)16(19)14-8-5-9-18(14)2/h4,6-7,10,14,17H,3,5,8-9H2,1-2H3/t14-/m1/s1. The lowest BCUT2D eigenvalue weighted by Gasteiger charge is -2.17. The first-order valence-corrected chi connectivity index (χ1v) is 7.05. The Morgan fingerprint density at radius 2 is 2.32 bits per heavy atom. The van der Waals surface area contributed by atoms with Crippen LogP contribution in [-0.2, 0) is 6.42 Å². The summed E-state index contributed by atoms with van der Waals surface area (Å²) in [7, 11) is 2.04. The van der Waals surface area contributed by atoms with Crippen LogP contribution in [0.4, 0.5) is 0 Å². The van der Waals surface area contributed by atoms with E-state index in [0.717, 1.165) is 42.3 Å². The minimum absolute atomic E-state index is 0.0595. The van der Waals surface area contributed by atoms with Crippen LogP contribution in [0.15, 0.2) is 24.4 Å². The number of aryl methyl sites for hydroxylation is 1. The van der Waals surface area contributed by atoms with Gasteiger partial charge in [0.05, 0.1) is 6.04 Å². The molecule has 0 amide bonds. The van der Waals surface area contributed by atoms with Crippen molar-refractivity contribution in [3.05, 3.63) is 35.5 Å². The molecule has 2 aromatic rings. The minimum Gasteiger partial charge on any atom is -0.360 e. The van der Waals surface area contributed by atoms with Crippen LogP contribution in [0.5, 0.6) is 0 Å². The highest BCUT2D eigenvalue weighted by molar-refractivity contribution is 6.10. The van der Waals surface area contributed by atoms with Gasteiger partial charge < -0.3 is 4.98 Å². The molecule has 1 N–H and O–H groups in total. The first-order valence-electron chi connectivity index (χ1n) is 7.05. The molecule has 1 aliphatic heterocycles. The average Bonchev–Trinajstić information content (AvgIpc) is 3.03. The summed E-state index contributed by atoms with van der Waals surface area (Å²) in [6.07, 6.45) is 4.97. The number of hydrogen-bond donors (Lipinski definition) is 1. The average molecular weight is 256 g/mol. The van der Waals surface area contributed by atoms with Crippen molar-refractivity contribution < 1.29 is 4.79 Å². The lowest BCUT2D eigenvalue weighted by molar-refractivity contribution is 0.0892. The number of benzene rings is 1. The van der Waals surface area contributed by atoms with Gasteiger partial charge in [0.2, 0.25) is 0 Å². The molecule has 1 aliphatic rings. The molecule has 1 aromatic carbocycles. The van der Waals surface area contributed by atoms with Gasteiger partial charge in [-0.2, -0.15) is 0 Å². The number of carbonyl (C=O) groups excluding carboxylic acids is 1. The van der Waals surface area contributed by atoms with Crippen molar-refractivity contribution in [2.75, 3.05) is 13.6 Å². The minimum atomic E-state index is 0.0595. The van der Waals surface area contributed by atoms with E-state index in [9.17, 15) is 4.79 Å². The Balaban J connectivity index is 2.03. The van der Waals surface area contributed by atoms with Crippen LogP contribution in [-0.4, -0.2) is 35.3 Å². The first kappa shape index (κ1) is 12.4. The summed E-state index contributed by atoms with van der Waals surface area (Å²) in [5.41, 5.74) is 3.24. The Kier molecular flexibility index (Phi) is 3.15. The summed E-state index contributed by atoms with van der Waals surface area (Å²) in [6, 6.07) is 6.27. The summed E-state index contributed by atoms with van der Waals surface area (Å²) in [4.78, 5) is 18.1. The van der Waals surface area contributed by atoms with Gasteiger partial charge in [-0.25, -0.2) is 0 Å². The maximum Gasteiger partial charge on any atom is 0.182 e. The maximum atomic E-state index is 12.7. The summed E-state index contributed by atoms with van der Waals surface area (Å²) < 4.78 is 0. The molecule has 0 saturated carbocycles. The van der Waals surface area contributed by atoms with E-state index in [4.69, 9.17) is 0 Å². The van der Waals surface area contributed by atoms with E-state index in [1.54, 1.807) is 0 Å². The molecule has 100 valence electrons. The summed E-state index contributed by atoms with van der Waals surface area (Å²) in [6.45, 7) is 3.17. The fourth-order valence-corrected chi connectivity index (χ4v) is 3.14. The molecule has 0 spiro atoms. The summed E-state index contributed by atoms with van der Waals surface area (Å²) in [5, 5.41) is 1.07. The highest BCUT2D eigenvalue weighted by Gasteiger charge is 2.29. The second kappa shape index (κ2) is 4.82. The molecular formula is C16H20N2O. The number of H-pyrrole nitrogens is 1. The molecule has 19 heavy (non-hydrogen) atoms. The number of Topliss-reactive ketones (excluding diaryl/α,β-unsaturated/α-hetero) is 1. The van der Waals surface area contributed by atoms with Gasteiger partial charge in [0, 0.05) is 22.7 Å². The van der Waals surface area contributed by atoms with Gasteiger partial charge in [-0.05, 0) is 38.4 Å². The first-order chi connectivity index (χ1) is 9.22. The van der Waals surface area contributed by atoms with Crippen LogP contribution < -0.4 is 0 Å². The van der Waals surface area contributed by atoms with E-state index >= 15 is 0 Å². The number of nitrogens with zero attached hydrogens (tertiary/aromatic N) is 1. The molecule has 1 saturated heterocycles. The number of likely N-dealkylation sites (N-methyl/N-ethyl adjacent to an activating group) is 1. The van der Waals surface area contributed by atoms with Crippen molar-refractivity contribution in [2.45, 2.75) is 32.2 Å². The van der Waals surface area contributed by atoms with Crippen LogP contribution >= 0.6 is 0 Å². The molecule has 2 heterocycles. The molecule has 0 aliphatic carbocycles. The highest BCUT2D eigenvalue weighted by atomic mass is 16.1. The van der Waals surface area contributed by atoms with Crippen LogP contribution in [0, 0.1) is 0 Å². The molecule has 1 atom stereocenters. The number of likely N-dealkylation sites (tertiary alicyclic amines) is 1. The lowest BCUT2D eigenvalue weighted by Crippen LogP contribution is -2.32. The number of rotatable bonds is 3. The fraction of sp³-hybridized carbons (Fsp3) is 0.438. The number of fused-ring (bicyclic) bond motifs is 1. The summed E-state index contributed by atoms with van der Waals surface area (Å²) >= 11 is 0. The SMILES string of the molecule is CCc1cccc2c(C(=O)[C@H]3CCCN3C)c[nH]c12. The molecule has 3 rings (SSSR count). The van der Waals surface area contributed by atoms with Gasteiger partial charge in [-0.3, -0.25) is 9.69 Å². The second-order valence-corrected chi connectivity index (χ2v) is 5.40. The van der Waals surface area contributed by atoms with E-state index in [1.807, 2.05) is 25.4 Å². The van der Waals surface area contributed by atoms with Gasteiger partial charge in [0.15, 0.2) is 5.78 Å². The Morgan fingerprint density at radius 3 is 3.00 bits per heavy atom. The molecule has 0 unspecified atom stereocenters. The fourth-order valence-electron chi connectivity index (χ4n) is 3.14. The third-order valence-corrected chi connectivity index (χ3v) is 4.27. The third-order valence-electron chi connectivity index (χ3n) is 4.27. The van der Waals surface area contributed by atoms with Crippen LogP contribution in [0.3, 0.4) is 0 Å². The van der Waals surface area contributed by atoms with Gasteiger partial charge in [-0.1, -0.05) is 25.1 Å². The zero-order chi connectivity index (χ0) is 13.4. The molecule has 3 heteroatoms. The van der Waals surface area contributed by atoms with E-state index in [1.165, 1.54) is 5.56 Å². The predicted octanol–water partition coefficient (Wildman–Crippen LogP) is 3.01. The van der Waals surface area contributed by atoms with E-state index in [0.29, 0.717) is 0 Å². The van der Waals surface area contributed by atoms with E-state index < -0.39 is 0 Å². The van der Waals surface area contributed by atoms with E-state index in [-0.39, 0.29) is 11.8 Å². The highest BCUT2D eigenvalue weighted by Crippen LogP contribution is 2.26. The number of carbonyl (C=O) groups is 1. The predicted molar refractivity (Wildman–Crippen MR) is 77.7 cm³/mol. The quantitative estimate of drug-likeness (QED) is 0.857. The van der Waals surface area contributed by atoms with Crippen LogP contribution in [0.1, 0.15) is 35.7 Å². The summed E-state index contributed by atoms with van der Waals surface area (Å²) in [5.74, 6) is 0.263. The number of hydrogen-bond acceptors (Lipinski definition) is 2. The molecular weight excluding hydrogens is 236 g/mol. The Morgan fingerprint density at radius 1 is 1.47 bits per heavy atom. The topological polar surface area (TPSA) is 36.1 Å². The van der Waals surface area contributed by atoms with E-state index in [2.05, 4.69) is 22.9 Å². The number of aromatic nitrogens is 1. The molecule has 0 bridgehead atoms. The monoisotopic (exact) mass is 256 g/mol. The molecule has 3 nitrogen and oxygen atoms in total. The van der Waals surface area contributed by atoms with Gasteiger partial charge in [0.25, 0.3) is 0 Å². The maximum absolute atomic E-state index is 12.7. The normalized spacial score (nSPS) is 20.2. The largest absolute Gasteiger partial charge is 0.360 e. The van der Waals surface area contributed by atoms with Crippen molar-refractivity contribution in [3.8, 4) is 0 Å². The van der Waals surface area contributed by atoms with Gasteiger partial charge in [-0.15, -0.1) is 0 Å². The smallest absolute Gasteiger partial charge is 0.182 e. The van der Waals surface area contributed by atoms with Crippen molar-refractivity contribution in [2.24, 2.45) is 0 Å². The Bertz CT molecular complexity index is 614. The number of ketones is 1.